The van der Waals surface area contributed by atoms with Gasteiger partial charge in [0.25, 0.3) is 0 Å². The zero-order valence-corrected chi connectivity index (χ0v) is 11.0. The Hall–Kier alpha value is -2.14. The van der Waals surface area contributed by atoms with Crippen molar-refractivity contribution in [2.45, 2.75) is 19.3 Å². The van der Waals surface area contributed by atoms with E-state index in [1.54, 1.807) is 30.5 Å². The van der Waals surface area contributed by atoms with Crippen molar-refractivity contribution in [1.29, 1.82) is 0 Å². The molecule has 1 N–H and O–H groups in total. The SMILES string of the molecule is OCc1ccc(-c2cc(C(F)(F)F)cc3c2C=NC3)cc1. The van der Waals surface area contributed by atoms with Crippen LogP contribution in [-0.2, 0) is 19.3 Å². The molecule has 0 saturated heterocycles. The lowest BCUT2D eigenvalue weighted by Crippen LogP contribution is -2.07. The van der Waals surface area contributed by atoms with Crippen LogP contribution in [0.15, 0.2) is 41.4 Å². The van der Waals surface area contributed by atoms with Crippen molar-refractivity contribution in [2.75, 3.05) is 0 Å². The lowest BCUT2D eigenvalue weighted by Gasteiger charge is -2.13. The summed E-state index contributed by atoms with van der Waals surface area (Å²) >= 11 is 0. The molecule has 1 heterocycles. The van der Waals surface area contributed by atoms with Crippen LogP contribution in [0.3, 0.4) is 0 Å². The summed E-state index contributed by atoms with van der Waals surface area (Å²) in [7, 11) is 0. The highest BCUT2D eigenvalue weighted by Gasteiger charge is 2.32. The fourth-order valence-electron chi connectivity index (χ4n) is 2.42. The van der Waals surface area contributed by atoms with Gasteiger partial charge in [0, 0.05) is 11.8 Å². The fraction of sp³-hybridized carbons (Fsp3) is 0.188. The van der Waals surface area contributed by atoms with Gasteiger partial charge in [-0.3, -0.25) is 4.99 Å². The molecule has 1 aliphatic heterocycles. The minimum atomic E-state index is -4.38. The number of hydrogen-bond donors (Lipinski definition) is 1. The van der Waals surface area contributed by atoms with Crippen LogP contribution < -0.4 is 0 Å². The van der Waals surface area contributed by atoms with E-state index in [9.17, 15) is 13.2 Å². The van der Waals surface area contributed by atoms with Gasteiger partial charge >= 0.3 is 6.18 Å². The largest absolute Gasteiger partial charge is 0.416 e. The Morgan fingerprint density at radius 2 is 1.81 bits per heavy atom. The van der Waals surface area contributed by atoms with Gasteiger partial charge in [-0.05, 0) is 34.4 Å². The quantitative estimate of drug-likeness (QED) is 0.897. The van der Waals surface area contributed by atoms with Crippen LogP contribution in [0.25, 0.3) is 11.1 Å². The normalized spacial score (nSPS) is 13.5. The molecule has 0 atom stereocenters. The van der Waals surface area contributed by atoms with E-state index >= 15 is 0 Å². The van der Waals surface area contributed by atoms with Crippen molar-refractivity contribution in [3.8, 4) is 11.1 Å². The Morgan fingerprint density at radius 1 is 1.10 bits per heavy atom. The molecule has 0 aliphatic carbocycles. The number of aliphatic imine (C=N–C) groups is 1. The van der Waals surface area contributed by atoms with Crippen LogP contribution >= 0.6 is 0 Å². The summed E-state index contributed by atoms with van der Waals surface area (Å²) in [6, 6.07) is 9.15. The van der Waals surface area contributed by atoms with Gasteiger partial charge < -0.3 is 5.11 Å². The number of rotatable bonds is 2. The van der Waals surface area contributed by atoms with E-state index in [-0.39, 0.29) is 13.2 Å². The van der Waals surface area contributed by atoms with Crippen LogP contribution in [-0.4, -0.2) is 11.3 Å². The molecule has 0 radical (unpaired) electrons. The fourth-order valence-corrected chi connectivity index (χ4v) is 2.42. The molecule has 21 heavy (non-hydrogen) atoms. The zero-order valence-electron chi connectivity index (χ0n) is 11.0. The second kappa shape index (κ2) is 5.00. The summed E-state index contributed by atoms with van der Waals surface area (Å²) in [6.45, 7) is 0.184. The zero-order chi connectivity index (χ0) is 15.0. The predicted molar refractivity (Wildman–Crippen MR) is 74.1 cm³/mol. The standard InChI is InChI=1S/C16H12F3NO/c17-16(18,19)13-5-12-7-20-8-15(12)14(6-13)11-3-1-10(9-21)2-4-11/h1-6,8,21H,7,9H2. The Balaban J connectivity index is 2.16. The highest BCUT2D eigenvalue weighted by molar-refractivity contribution is 5.94. The van der Waals surface area contributed by atoms with Crippen LogP contribution in [0.1, 0.15) is 22.3 Å². The first kappa shape index (κ1) is 13.8. The molecule has 0 bridgehead atoms. The van der Waals surface area contributed by atoms with E-state index < -0.39 is 11.7 Å². The number of aliphatic hydroxyl groups is 1. The number of fused-ring (bicyclic) bond motifs is 1. The highest BCUT2D eigenvalue weighted by atomic mass is 19.4. The first-order chi connectivity index (χ1) is 9.99. The van der Waals surface area contributed by atoms with E-state index in [1.807, 2.05) is 0 Å². The van der Waals surface area contributed by atoms with Gasteiger partial charge in [-0.25, -0.2) is 0 Å². The third-order valence-corrected chi connectivity index (χ3v) is 3.52. The van der Waals surface area contributed by atoms with Crippen molar-refractivity contribution in [2.24, 2.45) is 4.99 Å². The van der Waals surface area contributed by atoms with Gasteiger partial charge in [-0.1, -0.05) is 24.3 Å². The molecule has 0 saturated carbocycles. The monoisotopic (exact) mass is 291 g/mol. The van der Waals surface area contributed by atoms with Gasteiger partial charge in [-0.15, -0.1) is 0 Å². The van der Waals surface area contributed by atoms with Crippen molar-refractivity contribution in [3.63, 3.8) is 0 Å². The van der Waals surface area contributed by atoms with E-state index in [0.29, 0.717) is 16.7 Å². The Morgan fingerprint density at radius 3 is 2.43 bits per heavy atom. The molecule has 2 aromatic carbocycles. The molecule has 108 valence electrons. The summed E-state index contributed by atoms with van der Waals surface area (Å²) in [4.78, 5) is 4.06. The topological polar surface area (TPSA) is 32.6 Å². The maximum atomic E-state index is 13.0. The second-order valence-corrected chi connectivity index (χ2v) is 4.92. The molecule has 2 nitrogen and oxygen atoms in total. The van der Waals surface area contributed by atoms with Gasteiger partial charge in [0.15, 0.2) is 0 Å². The molecule has 2 aromatic rings. The number of benzene rings is 2. The first-order valence-electron chi connectivity index (χ1n) is 6.43. The predicted octanol–water partition coefficient (Wildman–Crippen LogP) is 3.80. The summed E-state index contributed by atoms with van der Waals surface area (Å²) < 4.78 is 39.0. The minimum absolute atomic E-state index is 0.0948. The van der Waals surface area contributed by atoms with Crippen LogP contribution in [0.4, 0.5) is 13.2 Å². The smallest absolute Gasteiger partial charge is 0.392 e. The number of alkyl halides is 3. The van der Waals surface area contributed by atoms with Crippen LogP contribution in [0.5, 0.6) is 0 Å². The van der Waals surface area contributed by atoms with E-state index in [1.165, 1.54) is 0 Å². The molecule has 3 rings (SSSR count). The van der Waals surface area contributed by atoms with Gasteiger partial charge in [-0.2, -0.15) is 13.2 Å². The Kier molecular flexibility index (Phi) is 3.29. The van der Waals surface area contributed by atoms with E-state index in [0.717, 1.165) is 23.3 Å². The van der Waals surface area contributed by atoms with Crippen molar-refractivity contribution >= 4 is 6.21 Å². The lowest BCUT2D eigenvalue weighted by molar-refractivity contribution is -0.137. The van der Waals surface area contributed by atoms with Gasteiger partial charge in [0.2, 0.25) is 0 Å². The summed E-state index contributed by atoms with van der Waals surface area (Å²) in [5, 5.41) is 9.03. The third-order valence-electron chi connectivity index (χ3n) is 3.52. The maximum Gasteiger partial charge on any atom is 0.416 e. The average Bonchev–Trinajstić information content (AvgIpc) is 2.94. The summed E-state index contributed by atoms with van der Waals surface area (Å²) in [5.74, 6) is 0. The number of nitrogens with zero attached hydrogens (tertiary/aromatic N) is 1. The van der Waals surface area contributed by atoms with Crippen LogP contribution in [0, 0.1) is 0 Å². The molecular formula is C16H12F3NO. The summed E-state index contributed by atoms with van der Waals surface area (Å²) in [5.41, 5.74) is 2.59. The Bertz CT molecular complexity index is 703. The number of aliphatic hydroxyl groups excluding tert-OH is 1. The van der Waals surface area contributed by atoms with Crippen LogP contribution in [0.2, 0.25) is 0 Å². The van der Waals surface area contributed by atoms with Gasteiger partial charge in [0.1, 0.15) is 0 Å². The molecule has 0 aromatic heterocycles. The molecule has 0 amide bonds. The average molecular weight is 291 g/mol. The van der Waals surface area contributed by atoms with Crippen molar-refractivity contribution in [1.82, 2.24) is 0 Å². The molecule has 0 spiro atoms. The highest BCUT2D eigenvalue weighted by Crippen LogP contribution is 2.37. The Labute approximate surface area is 119 Å². The number of hydrogen-bond acceptors (Lipinski definition) is 2. The molecule has 0 fully saturated rings. The molecule has 0 unspecified atom stereocenters. The van der Waals surface area contributed by atoms with Gasteiger partial charge in [0.05, 0.1) is 18.7 Å². The summed E-state index contributed by atoms with van der Waals surface area (Å²) in [6.07, 6.45) is -2.76. The van der Waals surface area contributed by atoms with E-state index in [2.05, 4.69) is 4.99 Å². The van der Waals surface area contributed by atoms with E-state index in [4.69, 9.17) is 5.11 Å². The minimum Gasteiger partial charge on any atom is -0.392 e. The third kappa shape index (κ3) is 2.56. The van der Waals surface area contributed by atoms with Crippen molar-refractivity contribution < 1.29 is 18.3 Å². The maximum absolute atomic E-state index is 13.0. The molecule has 5 heteroatoms. The molecule has 1 aliphatic rings. The second-order valence-electron chi connectivity index (χ2n) is 4.92. The lowest BCUT2D eigenvalue weighted by atomic mass is 9.93. The van der Waals surface area contributed by atoms with Crippen molar-refractivity contribution in [3.05, 3.63) is 58.7 Å². The molecular weight excluding hydrogens is 279 g/mol. The number of halogens is 3. The first-order valence-corrected chi connectivity index (χ1v) is 6.43.